The fourth-order valence-electron chi connectivity index (χ4n) is 2.09. The first-order valence-electron chi connectivity index (χ1n) is 9.30. The molecule has 0 aliphatic rings. The topological polar surface area (TPSA) is 97.8 Å². The van der Waals surface area contributed by atoms with Gasteiger partial charge in [0.25, 0.3) is 10.0 Å². The lowest BCUT2D eigenvalue weighted by molar-refractivity contribution is -0.0893. The zero-order valence-electron chi connectivity index (χ0n) is 17.6. The zero-order valence-corrected chi connectivity index (χ0v) is 18.4. The summed E-state index contributed by atoms with van der Waals surface area (Å²) >= 11 is 0. The third-order valence-corrected chi connectivity index (χ3v) is 5.86. The molecular weight excluding hydrogens is 391 g/mol. The molecule has 29 heavy (non-hydrogen) atoms. The minimum atomic E-state index is -3.82. The summed E-state index contributed by atoms with van der Waals surface area (Å²) in [4.78, 5) is 4.37. The second-order valence-electron chi connectivity index (χ2n) is 8.01. The van der Waals surface area contributed by atoms with Gasteiger partial charge in [-0.15, -0.1) is 0 Å². The SMILES string of the molecule is CC(C)Oc1ncc([B]OC(C)(C)C(C)(C)O)cc1NS(=O)(=O)c1ccccc1. The van der Waals surface area contributed by atoms with E-state index < -0.39 is 21.2 Å². The molecule has 2 aromatic rings. The van der Waals surface area contributed by atoms with Gasteiger partial charge in [-0.05, 0) is 65.2 Å². The Balaban J connectivity index is 2.32. The Hall–Kier alpha value is -2.10. The first-order valence-corrected chi connectivity index (χ1v) is 10.8. The summed E-state index contributed by atoms with van der Waals surface area (Å²) in [7, 11) is -2.38. The zero-order chi connectivity index (χ0) is 21.9. The number of benzene rings is 1. The molecule has 0 aliphatic carbocycles. The number of nitrogens with one attached hydrogen (secondary N) is 1. The van der Waals surface area contributed by atoms with Crippen molar-refractivity contribution in [1.29, 1.82) is 0 Å². The first-order chi connectivity index (χ1) is 13.3. The van der Waals surface area contributed by atoms with E-state index in [9.17, 15) is 13.5 Å². The van der Waals surface area contributed by atoms with Crippen molar-refractivity contribution in [2.45, 2.75) is 63.7 Å². The summed E-state index contributed by atoms with van der Waals surface area (Å²) < 4.78 is 39.4. The van der Waals surface area contributed by atoms with Crippen LogP contribution in [-0.2, 0) is 14.7 Å². The van der Waals surface area contributed by atoms with Crippen LogP contribution in [0.15, 0.2) is 47.5 Å². The second kappa shape index (κ2) is 8.73. The number of hydrogen-bond acceptors (Lipinski definition) is 6. The van der Waals surface area contributed by atoms with Gasteiger partial charge in [0.2, 0.25) is 5.88 Å². The standard InChI is InChI=1S/C20H28BN2O5S/c1-14(2)27-18-17(23-29(25,26)16-10-8-7-9-11-16)12-15(13-22-18)21-28-20(5,6)19(3,4)24/h7-14,23-24H,1-6H3. The van der Waals surface area contributed by atoms with Crippen LogP contribution in [0.5, 0.6) is 5.88 Å². The predicted molar refractivity (Wildman–Crippen MR) is 114 cm³/mol. The van der Waals surface area contributed by atoms with E-state index in [0.717, 1.165) is 0 Å². The van der Waals surface area contributed by atoms with Crippen LogP contribution in [0.4, 0.5) is 5.69 Å². The summed E-state index contributed by atoms with van der Waals surface area (Å²) in [6.45, 7) is 10.5. The van der Waals surface area contributed by atoms with E-state index in [1.807, 2.05) is 13.8 Å². The number of ether oxygens (including phenoxy) is 1. The van der Waals surface area contributed by atoms with Crippen LogP contribution >= 0.6 is 0 Å². The first kappa shape index (κ1) is 23.2. The van der Waals surface area contributed by atoms with Crippen LogP contribution in [-0.4, -0.2) is 43.3 Å². The predicted octanol–water partition coefficient (Wildman–Crippen LogP) is 2.48. The molecule has 157 valence electrons. The van der Waals surface area contributed by atoms with Crippen molar-refractivity contribution in [2.75, 3.05) is 4.72 Å². The summed E-state index contributed by atoms with van der Waals surface area (Å²) in [6.07, 6.45) is 1.32. The molecule has 0 fully saturated rings. The molecule has 2 rings (SSSR count). The molecule has 0 atom stereocenters. The highest BCUT2D eigenvalue weighted by Gasteiger charge is 2.35. The largest absolute Gasteiger partial charge is 0.473 e. The van der Waals surface area contributed by atoms with Gasteiger partial charge >= 0.3 is 7.48 Å². The molecule has 1 radical (unpaired) electrons. The minimum absolute atomic E-state index is 0.129. The van der Waals surface area contributed by atoms with E-state index in [1.54, 1.807) is 52.0 Å². The maximum Gasteiger partial charge on any atom is 0.332 e. The normalized spacial score (nSPS) is 12.7. The Bertz CT molecular complexity index is 926. The fourth-order valence-corrected chi connectivity index (χ4v) is 3.16. The van der Waals surface area contributed by atoms with E-state index in [1.165, 1.54) is 25.8 Å². The highest BCUT2D eigenvalue weighted by Crippen LogP contribution is 2.26. The number of nitrogens with zero attached hydrogens (tertiary/aromatic N) is 1. The van der Waals surface area contributed by atoms with E-state index in [0.29, 0.717) is 5.46 Å². The lowest BCUT2D eigenvalue weighted by atomic mass is 9.83. The summed E-state index contributed by atoms with van der Waals surface area (Å²) in [5, 5.41) is 10.2. The van der Waals surface area contributed by atoms with Crippen LogP contribution < -0.4 is 14.9 Å². The van der Waals surface area contributed by atoms with Crippen molar-refractivity contribution in [3.8, 4) is 5.88 Å². The van der Waals surface area contributed by atoms with Crippen LogP contribution in [0.25, 0.3) is 0 Å². The fraction of sp³-hybridized carbons (Fsp3) is 0.450. The van der Waals surface area contributed by atoms with E-state index in [4.69, 9.17) is 9.39 Å². The minimum Gasteiger partial charge on any atom is -0.473 e. The summed E-state index contributed by atoms with van der Waals surface area (Å²) in [5.41, 5.74) is -1.25. The van der Waals surface area contributed by atoms with Gasteiger partial charge < -0.3 is 14.5 Å². The molecule has 0 unspecified atom stereocenters. The van der Waals surface area contributed by atoms with E-state index in [-0.39, 0.29) is 22.6 Å². The Morgan fingerprint density at radius 1 is 1.14 bits per heavy atom. The van der Waals surface area contributed by atoms with Crippen molar-refractivity contribution in [2.24, 2.45) is 0 Å². The van der Waals surface area contributed by atoms with Gasteiger partial charge in [0.1, 0.15) is 5.69 Å². The molecular formula is C20H28BN2O5S. The average Bonchev–Trinajstić information content (AvgIpc) is 2.61. The van der Waals surface area contributed by atoms with Gasteiger partial charge in [-0.3, -0.25) is 4.72 Å². The molecule has 0 bridgehead atoms. The maximum atomic E-state index is 12.7. The number of aromatic nitrogens is 1. The van der Waals surface area contributed by atoms with Crippen LogP contribution in [0.1, 0.15) is 41.5 Å². The summed E-state index contributed by atoms with van der Waals surface area (Å²) in [6, 6.07) is 9.62. The molecule has 1 aromatic carbocycles. The van der Waals surface area contributed by atoms with Gasteiger partial charge in [-0.1, -0.05) is 18.2 Å². The molecule has 0 spiro atoms. The number of aliphatic hydroxyl groups is 1. The smallest absolute Gasteiger partial charge is 0.332 e. The molecule has 2 N–H and O–H groups in total. The number of sulfonamides is 1. The van der Waals surface area contributed by atoms with Crippen molar-refractivity contribution in [1.82, 2.24) is 4.98 Å². The lowest BCUT2D eigenvalue weighted by Crippen LogP contribution is -2.49. The van der Waals surface area contributed by atoms with Crippen LogP contribution in [0, 0.1) is 0 Å². The Morgan fingerprint density at radius 3 is 2.31 bits per heavy atom. The van der Waals surface area contributed by atoms with Crippen molar-refractivity contribution in [3.63, 3.8) is 0 Å². The monoisotopic (exact) mass is 419 g/mol. The summed E-state index contributed by atoms with van der Waals surface area (Å²) in [5.74, 6) is 0.165. The lowest BCUT2D eigenvalue weighted by Gasteiger charge is -2.37. The van der Waals surface area contributed by atoms with Gasteiger partial charge in [0, 0.05) is 6.20 Å². The van der Waals surface area contributed by atoms with Gasteiger partial charge in [-0.2, -0.15) is 0 Å². The van der Waals surface area contributed by atoms with Gasteiger partial charge in [0.05, 0.1) is 22.2 Å². The van der Waals surface area contributed by atoms with Crippen molar-refractivity contribution in [3.05, 3.63) is 42.6 Å². The molecule has 0 aliphatic heterocycles. The number of hydrogen-bond donors (Lipinski definition) is 2. The molecule has 0 saturated carbocycles. The van der Waals surface area contributed by atoms with Gasteiger partial charge in [-0.25, -0.2) is 13.4 Å². The van der Waals surface area contributed by atoms with Crippen LogP contribution in [0.2, 0.25) is 0 Å². The third kappa shape index (κ3) is 6.19. The second-order valence-corrected chi connectivity index (χ2v) is 9.69. The maximum absolute atomic E-state index is 12.7. The van der Waals surface area contributed by atoms with Gasteiger partial charge in [0.15, 0.2) is 0 Å². The number of rotatable bonds is 9. The van der Waals surface area contributed by atoms with E-state index in [2.05, 4.69) is 9.71 Å². The highest BCUT2D eigenvalue weighted by atomic mass is 32.2. The van der Waals surface area contributed by atoms with Crippen LogP contribution in [0.3, 0.4) is 0 Å². The number of anilines is 1. The quantitative estimate of drug-likeness (QED) is 0.606. The molecule has 7 nitrogen and oxygen atoms in total. The molecule has 9 heteroatoms. The Kier molecular flexibility index (Phi) is 6.98. The highest BCUT2D eigenvalue weighted by molar-refractivity contribution is 7.92. The third-order valence-electron chi connectivity index (χ3n) is 4.48. The average molecular weight is 419 g/mol. The van der Waals surface area contributed by atoms with Crippen molar-refractivity contribution >= 4 is 28.7 Å². The molecule has 1 heterocycles. The molecule has 1 aromatic heterocycles. The van der Waals surface area contributed by atoms with E-state index >= 15 is 0 Å². The van der Waals surface area contributed by atoms with Crippen molar-refractivity contribution < 1.29 is 22.9 Å². The Morgan fingerprint density at radius 2 is 1.76 bits per heavy atom. The molecule has 0 amide bonds. The number of pyridine rings is 1. The Labute approximate surface area is 173 Å². The molecule has 0 saturated heterocycles.